The Morgan fingerprint density at radius 1 is 1.16 bits per heavy atom. The maximum atomic E-state index is 12.9. The van der Waals surface area contributed by atoms with E-state index in [-0.39, 0.29) is 21.9 Å². The number of amides is 1. The van der Waals surface area contributed by atoms with Crippen LogP contribution in [0, 0.1) is 5.41 Å². The molecule has 0 bridgehead atoms. The number of rotatable bonds is 9. The number of benzene rings is 2. The van der Waals surface area contributed by atoms with Crippen molar-refractivity contribution in [3.05, 3.63) is 100 Å². The van der Waals surface area contributed by atoms with Crippen LogP contribution in [0.2, 0.25) is 5.02 Å². The fourth-order valence-electron chi connectivity index (χ4n) is 4.64. The lowest BCUT2D eigenvalue weighted by molar-refractivity contribution is 0.0696. The molecule has 5 nitrogen and oxygen atoms in total. The van der Waals surface area contributed by atoms with Crippen molar-refractivity contribution in [1.29, 1.82) is 0 Å². The monoisotopic (exact) mass is 520 g/mol. The molecule has 1 aliphatic heterocycles. The molecule has 2 N–H and O–H groups in total. The van der Waals surface area contributed by atoms with Crippen molar-refractivity contribution >= 4 is 29.2 Å². The third-order valence-electron chi connectivity index (χ3n) is 7.45. The van der Waals surface area contributed by atoms with Gasteiger partial charge in [0.2, 0.25) is 0 Å². The van der Waals surface area contributed by atoms with Gasteiger partial charge in [0.25, 0.3) is 5.91 Å². The molecule has 1 aliphatic rings. The zero-order valence-corrected chi connectivity index (χ0v) is 22.9. The van der Waals surface area contributed by atoms with E-state index in [1.165, 1.54) is 5.56 Å². The minimum atomic E-state index is -1.02. The normalized spacial score (nSPS) is 15.4. The molecular weight excluding hydrogens is 484 g/mol. The molecule has 0 aromatic heterocycles. The first kappa shape index (κ1) is 28.3. The Bertz CT molecular complexity index is 1200. The van der Waals surface area contributed by atoms with Crippen molar-refractivity contribution in [2.75, 3.05) is 18.0 Å². The second-order valence-corrected chi connectivity index (χ2v) is 10.5. The van der Waals surface area contributed by atoms with Crippen molar-refractivity contribution in [2.24, 2.45) is 5.41 Å². The highest BCUT2D eigenvalue weighted by Crippen LogP contribution is 2.33. The van der Waals surface area contributed by atoms with Crippen molar-refractivity contribution in [3.63, 3.8) is 0 Å². The van der Waals surface area contributed by atoms with Crippen LogP contribution in [0.3, 0.4) is 0 Å². The van der Waals surface area contributed by atoms with Gasteiger partial charge in [-0.25, -0.2) is 4.79 Å². The Labute approximate surface area is 225 Å². The molecule has 0 spiro atoms. The number of allylic oxidation sites excluding steroid dienone is 4. The molecule has 1 amide bonds. The van der Waals surface area contributed by atoms with E-state index in [0.29, 0.717) is 17.2 Å². The SMILES string of the molecule is C=C/C(=C\C(=C/C)C(C)(C)CC)NC(=O)c1ccc(C2CCN(c3ccc(C(=O)O)c(Cl)c3)CC2)cc1. The number of aromatic carboxylic acids is 1. The van der Waals surface area contributed by atoms with Crippen LogP contribution < -0.4 is 10.2 Å². The molecule has 0 unspecified atom stereocenters. The molecule has 1 fully saturated rings. The Kier molecular flexibility index (Phi) is 9.39. The molecule has 3 rings (SSSR count). The van der Waals surface area contributed by atoms with Crippen LogP contribution in [0.15, 0.2) is 78.5 Å². The van der Waals surface area contributed by atoms with Crippen molar-refractivity contribution in [1.82, 2.24) is 5.32 Å². The number of carbonyl (C=O) groups excluding carboxylic acids is 1. The van der Waals surface area contributed by atoms with Crippen LogP contribution in [-0.2, 0) is 0 Å². The number of halogens is 1. The summed E-state index contributed by atoms with van der Waals surface area (Å²) in [6.07, 6.45) is 8.68. The topological polar surface area (TPSA) is 69.6 Å². The predicted octanol–water partition coefficient (Wildman–Crippen LogP) is 7.60. The first-order chi connectivity index (χ1) is 17.6. The quantitative estimate of drug-likeness (QED) is 0.334. The number of carbonyl (C=O) groups is 2. The summed E-state index contributed by atoms with van der Waals surface area (Å²) < 4.78 is 0. The van der Waals surface area contributed by atoms with Crippen LogP contribution in [0.4, 0.5) is 5.69 Å². The molecule has 0 radical (unpaired) electrons. The third-order valence-corrected chi connectivity index (χ3v) is 7.77. The maximum absolute atomic E-state index is 12.9. The Morgan fingerprint density at radius 3 is 2.32 bits per heavy atom. The lowest BCUT2D eigenvalue weighted by atomic mass is 9.81. The van der Waals surface area contributed by atoms with Crippen molar-refractivity contribution in [3.8, 4) is 0 Å². The smallest absolute Gasteiger partial charge is 0.337 e. The molecule has 2 aromatic rings. The highest BCUT2D eigenvalue weighted by atomic mass is 35.5. The summed E-state index contributed by atoms with van der Waals surface area (Å²) in [5.41, 5.74) is 4.75. The minimum absolute atomic E-state index is 0.0130. The second-order valence-electron chi connectivity index (χ2n) is 10.1. The Balaban J connectivity index is 1.62. The van der Waals surface area contributed by atoms with Gasteiger partial charge in [0.15, 0.2) is 0 Å². The van der Waals surface area contributed by atoms with Gasteiger partial charge >= 0.3 is 5.97 Å². The molecule has 0 saturated carbocycles. The number of piperidine rings is 1. The average Bonchev–Trinajstić information content (AvgIpc) is 2.90. The molecule has 0 aliphatic carbocycles. The van der Waals surface area contributed by atoms with Crippen LogP contribution in [0.1, 0.15) is 79.2 Å². The predicted molar refractivity (Wildman–Crippen MR) is 153 cm³/mol. The van der Waals surface area contributed by atoms with Crippen LogP contribution in [-0.4, -0.2) is 30.1 Å². The van der Waals surface area contributed by atoms with Gasteiger partial charge in [0.1, 0.15) is 0 Å². The van der Waals surface area contributed by atoms with Crippen LogP contribution in [0.5, 0.6) is 0 Å². The van der Waals surface area contributed by atoms with Gasteiger partial charge in [0.05, 0.1) is 10.6 Å². The highest BCUT2D eigenvalue weighted by molar-refractivity contribution is 6.33. The van der Waals surface area contributed by atoms with Gasteiger partial charge in [-0.1, -0.05) is 57.2 Å². The molecule has 6 heteroatoms. The lowest BCUT2D eigenvalue weighted by Gasteiger charge is -2.34. The van der Waals surface area contributed by atoms with E-state index in [2.05, 4.69) is 43.6 Å². The van der Waals surface area contributed by atoms with Crippen molar-refractivity contribution in [2.45, 2.75) is 52.9 Å². The fourth-order valence-corrected chi connectivity index (χ4v) is 4.90. The number of hydrogen-bond acceptors (Lipinski definition) is 3. The molecule has 196 valence electrons. The van der Waals surface area contributed by atoms with Gasteiger partial charge in [-0.05, 0) is 91.1 Å². The van der Waals surface area contributed by atoms with Gasteiger partial charge in [-0.15, -0.1) is 0 Å². The summed E-state index contributed by atoms with van der Waals surface area (Å²) in [4.78, 5) is 26.4. The summed E-state index contributed by atoms with van der Waals surface area (Å²) in [5, 5.41) is 12.4. The maximum Gasteiger partial charge on any atom is 0.337 e. The fraction of sp³-hybridized carbons (Fsp3) is 0.355. The molecule has 37 heavy (non-hydrogen) atoms. The summed E-state index contributed by atoms with van der Waals surface area (Å²) in [5.74, 6) is -0.773. The van der Waals surface area contributed by atoms with Crippen LogP contribution in [0.25, 0.3) is 0 Å². The van der Waals surface area contributed by atoms with E-state index in [9.17, 15) is 14.7 Å². The standard InChI is InChI=1S/C31H37ClN2O3/c1-6-24(31(4,5)8-3)19-25(7-2)33-29(35)23-11-9-21(10-12-23)22-15-17-34(18-16-22)26-13-14-27(30(36)37)28(32)20-26/h6-7,9-14,19-20,22H,2,8,15-18H2,1,3-5H3,(H,33,35)(H,36,37)/b24-6+,25-19+. The van der Waals surface area contributed by atoms with Gasteiger partial charge in [0, 0.05) is 30.0 Å². The van der Waals surface area contributed by atoms with E-state index < -0.39 is 5.97 Å². The van der Waals surface area contributed by atoms with Crippen molar-refractivity contribution < 1.29 is 14.7 Å². The van der Waals surface area contributed by atoms with Gasteiger partial charge < -0.3 is 15.3 Å². The number of carboxylic acids is 1. The summed E-state index contributed by atoms with van der Waals surface area (Å²) in [6.45, 7) is 14.1. The van der Waals surface area contributed by atoms with E-state index in [0.717, 1.165) is 43.6 Å². The minimum Gasteiger partial charge on any atom is -0.478 e. The molecule has 1 heterocycles. The summed E-state index contributed by atoms with van der Waals surface area (Å²) >= 11 is 6.16. The van der Waals surface area contributed by atoms with E-state index in [4.69, 9.17) is 11.6 Å². The molecule has 2 aromatic carbocycles. The second kappa shape index (κ2) is 12.3. The van der Waals surface area contributed by atoms with E-state index >= 15 is 0 Å². The van der Waals surface area contributed by atoms with Gasteiger partial charge in [-0.3, -0.25) is 4.79 Å². The summed E-state index contributed by atoms with van der Waals surface area (Å²) in [7, 11) is 0. The van der Waals surface area contributed by atoms with Crippen LogP contribution >= 0.6 is 11.6 Å². The lowest BCUT2D eigenvalue weighted by Crippen LogP contribution is -2.32. The molecule has 1 saturated heterocycles. The zero-order valence-electron chi connectivity index (χ0n) is 22.2. The number of carboxylic acid groups (broad SMARTS) is 1. The number of hydrogen-bond donors (Lipinski definition) is 2. The van der Waals surface area contributed by atoms with E-state index in [1.807, 2.05) is 43.3 Å². The molecule has 0 atom stereocenters. The van der Waals surface area contributed by atoms with Gasteiger partial charge in [-0.2, -0.15) is 0 Å². The largest absolute Gasteiger partial charge is 0.478 e. The number of nitrogens with zero attached hydrogens (tertiary/aromatic N) is 1. The first-order valence-corrected chi connectivity index (χ1v) is 13.2. The van der Waals surface area contributed by atoms with E-state index in [1.54, 1.807) is 18.2 Å². The average molecular weight is 521 g/mol. The number of anilines is 1. The zero-order chi connectivity index (χ0) is 27.2. The highest BCUT2D eigenvalue weighted by Gasteiger charge is 2.23. The Morgan fingerprint density at radius 2 is 1.81 bits per heavy atom. The Hall–Kier alpha value is -3.31. The first-order valence-electron chi connectivity index (χ1n) is 12.8. The third kappa shape index (κ3) is 6.92. The molecular formula is C31H37ClN2O3. The number of nitrogens with one attached hydrogen (secondary N) is 1. The summed E-state index contributed by atoms with van der Waals surface area (Å²) in [6, 6.07) is 13.0.